The number of carbonyl (C=O) groups excluding carboxylic acids is 1. The molecule has 1 aliphatic rings. The van der Waals surface area contributed by atoms with Crippen molar-refractivity contribution in [2.24, 2.45) is 0 Å². The number of hydrogen-bond donors (Lipinski definition) is 2. The third-order valence-electron chi connectivity index (χ3n) is 3.28. The predicted molar refractivity (Wildman–Crippen MR) is 62.1 cm³/mol. The number of aliphatic carboxylic acids is 1. The molecule has 1 fully saturated rings. The van der Waals surface area contributed by atoms with Crippen molar-refractivity contribution in [1.29, 1.82) is 0 Å². The fourth-order valence-corrected chi connectivity index (χ4v) is 3.65. The molecular weight excluding hydrogens is 246 g/mol. The van der Waals surface area contributed by atoms with E-state index in [2.05, 4.69) is 0 Å². The Morgan fingerprint density at radius 2 is 1.88 bits per heavy atom. The number of hydrogen-bond acceptors (Lipinski definition) is 4. The molecule has 0 spiro atoms. The van der Waals surface area contributed by atoms with Gasteiger partial charge in [-0.1, -0.05) is 6.92 Å². The Bertz CT molecular complexity index is 385. The van der Waals surface area contributed by atoms with Crippen molar-refractivity contribution in [3.05, 3.63) is 0 Å². The molecule has 0 aromatic heterocycles. The van der Waals surface area contributed by atoms with Crippen LogP contribution in [0, 0.1) is 0 Å². The second kappa shape index (κ2) is 4.21. The van der Waals surface area contributed by atoms with Crippen LogP contribution in [0.25, 0.3) is 0 Å². The normalized spacial score (nSPS) is 32.5. The van der Waals surface area contributed by atoms with E-state index < -0.39 is 22.5 Å². The first-order chi connectivity index (χ1) is 7.72. The summed E-state index contributed by atoms with van der Waals surface area (Å²) in [4.78, 5) is 33.4. The van der Waals surface area contributed by atoms with E-state index >= 15 is 0 Å². The summed E-state index contributed by atoms with van der Waals surface area (Å²) in [5.74, 6) is -1.39. The van der Waals surface area contributed by atoms with Crippen LogP contribution in [0.4, 0.5) is 4.79 Å². The van der Waals surface area contributed by atoms with E-state index in [1.54, 1.807) is 6.92 Å². The van der Waals surface area contributed by atoms with Gasteiger partial charge in [0.05, 0.1) is 0 Å². The Kier molecular flexibility index (Phi) is 3.42. The van der Waals surface area contributed by atoms with Crippen LogP contribution < -0.4 is 0 Å². The molecule has 17 heavy (non-hydrogen) atoms. The van der Waals surface area contributed by atoms with E-state index in [4.69, 9.17) is 5.11 Å². The first-order valence-corrected chi connectivity index (χ1v) is 6.12. The van der Waals surface area contributed by atoms with E-state index in [-0.39, 0.29) is 18.0 Å². The largest absolute Gasteiger partial charge is 0.479 e. The maximum absolute atomic E-state index is 11.7. The highest BCUT2D eigenvalue weighted by molar-refractivity contribution is 8.01. The Labute approximate surface area is 103 Å². The molecule has 1 heterocycles. The van der Waals surface area contributed by atoms with Gasteiger partial charge in [0.1, 0.15) is 5.54 Å². The standard InChI is InChI=1S/C10H15NO5S/c1-4-10(6(2)12)5-17-9(3,7(13)14)11(10)8(15)16/h4-5H2,1-3H3,(H,13,14)(H,15,16). The first-order valence-electron chi connectivity index (χ1n) is 5.14. The minimum Gasteiger partial charge on any atom is -0.479 e. The van der Waals surface area contributed by atoms with Crippen molar-refractivity contribution in [3.8, 4) is 0 Å². The molecule has 0 bridgehead atoms. The SMILES string of the molecule is CCC1(C(C)=O)CSC(C)(C(=O)O)N1C(=O)O. The highest BCUT2D eigenvalue weighted by Crippen LogP contribution is 2.47. The second-order valence-corrected chi connectivity index (χ2v) is 5.51. The Morgan fingerprint density at radius 3 is 2.18 bits per heavy atom. The molecule has 0 aromatic carbocycles. The minimum atomic E-state index is -1.60. The van der Waals surface area contributed by atoms with Crippen LogP contribution >= 0.6 is 11.8 Å². The lowest BCUT2D eigenvalue weighted by molar-refractivity contribution is -0.147. The van der Waals surface area contributed by atoms with Crippen molar-refractivity contribution < 1.29 is 24.6 Å². The summed E-state index contributed by atoms with van der Waals surface area (Å²) in [5, 5.41) is 18.4. The van der Waals surface area contributed by atoms with E-state index in [1.165, 1.54) is 13.8 Å². The van der Waals surface area contributed by atoms with Crippen molar-refractivity contribution in [2.75, 3.05) is 5.75 Å². The highest BCUT2D eigenvalue weighted by Gasteiger charge is 2.61. The van der Waals surface area contributed by atoms with Gasteiger partial charge >= 0.3 is 12.1 Å². The minimum absolute atomic E-state index is 0.175. The average molecular weight is 261 g/mol. The van der Waals surface area contributed by atoms with Crippen LogP contribution in [-0.2, 0) is 9.59 Å². The van der Waals surface area contributed by atoms with Gasteiger partial charge in [-0.2, -0.15) is 0 Å². The van der Waals surface area contributed by atoms with E-state index in [0.717, 1.165) is 16.7 Å². The van der Waals surface area contributed by atoms with Gasteiger partial charge < -0.3 is 10.2 Å². The summed E-state index contributed by atoms with van der Waals surface area (Å²) in [6.07, 6.45) is -1.11. The molecule has 1 saturated heterocycles. The van der Waals surface area contributed by atoms with Crippen molar-refractivity contribution in [3.63, 3.8) is 0 Å². The van der Waals surface area contributed by atoms with Gasteiger partial charge in [0.15, 0.2) is 10.7 Å². The molecule has 2 unspecified atom stereocenters. The zero-order valence-corrected chi connectivity index (χ0v) is 10.7. The lowest BCUT2D eigenvalue weighted by atomic mass is 9.90. The number of carbonyl (C=O) groups is 3. The van der Waals surface area contributed by atoms with E-state index in [9.17, 15) is 19.5 Å². The predicted octanol–water partition coefficient (Wildman–Crippen LogP) is 1.25. The zero-order valence-electron chi connectivity index (χ0n) is 9.89. The molecule has 1 rings (SSSR count). The molecule has 0 aromatic rings. The van der Waals surface area contributed by atoms with E-state index in [1.807, 2.05) is 0 Å². The molecule has 7 heteroatoms. The molecule has 2 N–H and O–H groups in total. The topological polar surface area (TPSA) is 94.9 Å². The fourth-order valence-electron chi connectivity index (χ4n) is 2.09. The van der Waals surface area contributed by atoms with Gasteiger partial charge in [0.25, 0.3) is 0 Å². The summed E-state index contributed by atoms with van der Waals surface area (Å²) >= 11 is 0.974. The molecule has 0 aliphatic carbocycles. The smallest absolute Gasteiger partial charge is 0.409 e. The Balaban J connectivity index is 3.35. The third kappa shape index (κ3) is 1.78. The maximum atomic E-state index is 11.7. The number of ketones is 1. The van der Waals surface area contributed by atoms with Crippen molar-refractivity contribution in [2.45, 2.75) is 37.6 Å². The molecule has 1 amide bonds. The molecule has 6 nitrogen and oxygen atoms in total. The number of thioether (sulfide) groups is 1. The number of nitrogens with zero attached hydrogens (tertiary/aromatic N) is 1. The molecule has 1 aliphatic heterocycles. The summed E-state index contributed by atoms with van der Waals surface area (Å²) in [6, 6.07) is 0. The monoisotopic (exact) mass is 261 g/mol. The number of amides is 1. The van der Waals surface area contributed by atoms with Gasteiger partial charge in [0, 0.05) is 5.75 Å². The van der Waals surface area contributed by atoms with Crippen LogP contribution in [0.2, 0.25) is 0 Å². The van der Waals surface area contributed by atoms with Crippen LogP contribution in [0.15, 0.2) is 0 Å². The van der Waals surface area contributed by atoms with Gasteiger partial charge in [-0.05, 0) is 20.3 Å². The van der Waals surface area contributed by atoms with Crippen molar-refractivity contribution >= 4 is 29.6 Å². The summed E-state index contributed by atoms with van der Waals surface area (Å²) in [6.45, 7) is 4.30. The molecule has 0 radical (unpaired) electrons. The summed E-state index contributed by atoms with van der Waals surface area (Å²) in [5.41, 5.74) is -1.23. The number of carboxylic acid groups (broad SMARTS) is 2. The maximum Gasteiger partial charge on any atom is 0.409 e. The van der Waals surface area contributed by atoms with Crippen LogP contribution in [0.3, 0.4) is 0 Å². The quantitative estimate of drug-likeness (QED) is 0.794. The zero-order chi connectivity index (χ0) is 13.4. The lowest BCUT2D eigenvalue weighted by Gasteiger charge is -2.38. The second-order valence-electron chi connectivity index (χ2n) is 4.14. The van der Waals surface area contributed by atoms with Gasteiger partial charge in [-0.3, -0.25) is 9.69 Å². The van der Waals surface area contributed by atoms with Crippen LogP contribution in [-0.4, -0.2) is 49.1 Å². The van der Waals surface area contributed by atoms with Crippen molar-refractivity contribution in [1.82, 2.24) is 4.90 Å². The van der Waals surface area contributed by atoms with E-state index in [0.29, 0.717) is 0 Å². The Morgan fingerprint density at radius 1 is 1.35 bits per heavy atom. The molecule has 2 atom stereocenters. The van der Waals surface area contributed by atoms with Gasteiger partial charge in [-0.15, -0.1) is 11.8 Å². The fraction of sp³-hybridized carbons (Fsp3) is 0.700. The van der Waals surface area contributed by atoms with Crippen LogP contribution in [0.5, 0.6) is 0 Å². The molecular formula is C10H15NO5S. The van der Waals surface area contributed by atoms with Gasteiger partial charge in [-0.25, -0.2) is 9.59 Å². The Hall–Kier alpha value is -1.24. The summed E-state index contributed by atoms with van der Waals surface area (Å²) in [7, 11) is 0. The number of rotatable bonds is 3. The molecule has 0 saturated carbocycles. The number of Topliss-reactive ketones (excluding diaryl/α,β-unsaturated/α-hetero) is 1. The number of carboxylic acids is 1. The van der Waals surface area contributed by atoms with Crippen LogP contribution in [0.1, 0.15) is 27.2 Å². The highest BCUT2D eigenvalue weighted by atomic mass is 32.2. The third-order valence-corrected chi connectivity index (χ3v) is 4.82. The van der Waals surface area contributed by atoms with Gasteiger partial charge in [0.2, 0.25) is 0 Å². The lowest BCUT2D eigenvalue weighted by Crippen LogP contribution is -2.61. The first kappa shape index (κ1) is 13.8. The summed E-state index contributed by atoms with van der Waals surface area (Å²) < 4.78 is 0. The average Bonchev–Trinajstić information content (AvgIpc) is 2.54. The molecule has 96 valence electrons.